The van der Waals surface area contributed by atoms with E-state index in [2.05, 4.69) is 23.0 Å². The normalized spacial score (nSPS) is 16.4. The molecule has 106 valence electrons. The van der Waals surface area contributed by atoms with Crippen LogP contribution in [0.2, 0.25) is 0 Å². The van der Waals surface area contributed by atoms with Gasteiger partial charge in [-0.3, -0.25) is 4.90 Å². The molecular formula is C15H20N4O. The van der Waals surface area contributed by atoms with Crippen molar-refractivity contribution in [3.63, 3.8) is 0 Å². The highest BCUT2D eigenvalue weighted by molar-refractivity contribution is 5.47. The molecule has 2 N–H and O–H groups in total. The van der Waals surface area contributed by atoms with Gasteiger partial charge in [0.05, 0.1) is 24.6 Å². The number of aromatic nitrogens is 2. The SMILES string of the molecule is Cc1ccccc1-n1nc(CN2CCOCC2)cc1N. The van der Waals surface area contributed by atoms with Gasteiger partial charge in [0.1, 0.15) is 5.82 Å². The molecule has 0 aliphatic carbocycles. The molecule has 1 aromatic heterocycles. The van der Waals surface area contributed by atoms with Crippen molar-refractivity contribution in [1.29, 1.82) is 0 Å². The molecule has 0 spiro atoms. The number of nitrogens with zero attached hydrogens (tertiary/aromatic N) is 3. The molecule has 1 aliphatic rings. The molecule has 1 aliphatic heterocycles. The lowest BCUT2D eigenvalue weighted by Crippen LogP contribution is -2.35. The molecule has 1 fully saturated rings. The van der Waals surface area contributed by atoms with E-state index in [0.717, 1.165) is 44.2 Å². The van der Waals surface area contributed by atoms with Crippen molar-refractivity contribution >= 4 is 5.82 Å². The topological polar surface area (TPSA) is 56.3 Å². The van der Waals surface area contributed by atoms with Gasteiger partial charge >= 0.3 is 0 Å². The van der Waals surface area contributed by atoms with Crippen LogP contribution in [0.1, 0.15) is 11.3 Å². The van der Waals surface area contributed by atoms with Crippen LogP contribution in [0, 0.1) is 6.92 Å². The standard InChI is InChI=1S/C15H20N4O/c1-12-4-2-3-5-14(12)19-15(16)10-13(17-19)11-18-6-8-20-9-7-18/h2-5,10H,6-9,11,16H2,1H3. The number of hydrogen-bond acceptors (Lipinski definition) is 4. The minimum atomic E-state index is 0.683. The summed E-state index contributed by atoms with van der Waals surface area (Å²) in [6, 6.07) is 10.1. The van der Waals surface area contributed by atoms with Gasteiger partial charge in [0.15, 0.2) is 0 Å². The molecule has 2 aromatic rings. The third-order valence-corrected chi connectivity index (χ3v) is 3.62. The number of rotatable bonds is 3. The summed E-state index contributed by atoms with van der Waals surface area (Å²) < 4.78 is 7.18. The summed E-state index contributed by atoms with van der Waals surface area (Å²) in [7, 11) is 0. The Balaban J connectivity index is 1.82. The molecule has 1 saturated heterocycles. The minimum Gasteiger partial charge on any atom is -0.384 e. The molecule has 0 unspecified atom stereocenters. The lowest BCUT2D eigenvalue weighted by molar-refractivity contribution is 0.0336. The van der Waals surface area contributed by atoms with E-state index in [4.69, 9.17) is 10.5 Å². The van der Waals surface area contributed by atoms with Crippen LogP contribution >= 0.6 is 0 Å². The maximum absolute atomic E-state index is 6.10. The van der Waals surface area contributed by atoms with Crippen LogP contribution in [0.4, 0.5) is 5.82 Å². The van der Waals surface area contributed by atoms with E-state index in [1.54, 1.807) is 0 Å². The van der Waals surface area contributed by atoms with E-state index in [0.29, 0.717) is 5.82 Å². The molecule has 0 bridgehead atoms. The van der Waals surface area contributed by atoms with Crippen molar-refractivity contribution in [2.75, 3.05) is 32.0 Å². The molecule has 0 amide bonds. The fraction of sp³-hybridized carbons (Fsp3) is 0.400. The van der Waals surface area contributed by atoms with Gasteiger partial charge in [0, 0.05) is 25.7 Å². The number of morpholine rings is 1. The molecule has 20 heavy (non-hydrogen) atoms. The van der Waals surface area contributed by atoms with E-state index in [9.17, 15) is 0 Å². The second-order valence-electron chi connectivity index (χ2n) is 5.15. The van der Waals surface area contributed by atoms with E-state index in [1.165, 1.54) is 5.56 Å². The third kappa shape index (κ3) is 2.69. The lowest BCUT2D eigenvalue weighted by atomic mass is 10.2. The van der Waals surface area contributed by atoms with Crippen molar-refractivity contribution in [2.45, 2.75) is 13.5 Å². The molecule has 0 radical (unpaired) electrons. The summed E-state index contributed by atoms with van der Waals surface area (Å²) in [5, 5.41) is 4.64. The zero-order chi connectivity index (χ0) is 13.9. The summed E-state index contributed by atoms with van der Waals surface area (Å²) >= 11 is 0. The molecule has 5 heteroatoms. The maximum Gasteiger partial charge on any atom is 0.127 e. The Bertz CT molecular complexity index is 587. The number of anilines is 1. The Labute approximate surface area is 118 Å². The Hall–Kier alpha value is -1.85. The first kappa shape index (κ1) is 13.1. The van der Waals surface area contributed by atoms with Gasteiger partial charge in [0.25, 0.3) is 0 Å². The Morgan fingerprint density at radius 2 is 2.00 bits per heavy atom. The quantitative estimate of drug-likeness (QED) is 0.922. The van der Waals surface area contributed by atoms with Crippen LogP contribution < -0.4 is 5.73 Å². The predicted octanol–water partition coefficient (Wildman–Crippen LogP) is 1.60. The molecule has 3 rings (SSSR count). The number of nitrogen functional groups attached to an aromatic ring is 1. The zero-order valence-corrected chi connectivity index (χ0v) is 11.7. The van der Waals surface area contributed by atoms with Gasteiger partial charge in [-0.25, -0.2) is 4.68 Å². The third-order valence-electron chi connectivity index (χ3n) is 3.62. The van der Waals surface area contributed by atoms with Gasteiger partial charge in [-0.1, -0.05) is 18.2 Å². The van der Waals surface area contributed by atoms with Gasteiger partial charge in [-0.15, -0.1) is 0 Å². The van der Waals surface area contributed by atoms with Gasteiger partial charge in [0.2, 0.25) is 0 Å². The molecular weight excluding hydrogens is 252 g/mol. The monoisotopic (exact) mass is 272 g/mol. The van der Waals surface area contributed by atoms with Crippen molar-refractivity contribution < 1.29 is 4.74 Å². The molecule has 0 saturated carbocycles. The minimum absolute atomic E-state index is 0.683. The van der Waals surface area contributed by atoms with Crippen LogP contribution in [0.25, 0.3) is 5.69 Å². The van der Waals surface area contributed by atoms with Gasteiger partial charge < -0.3 is 10.5 Å². The van der Waals surface area contributed by atoms with Gasteiger partial charge in [-0.2, -0.15) is 5.10 Å². The molecule has 1 aromatic carbocycles. The number of ether oxygens (including phenoxy) is 1. The van der Waals surface area contributed by atoms with Crippen molar-refractivity contribution in [3.05, 3.63) is 41.6 Å². The van der Waals surface area contributed by atoms with Gasteiger partial charge in [-0.05, 0) is 18.6 Å². The summed E-state index contributed by atoms with van der Waals surface area (Å²) in [5.41, 5.74) is 9.32. The highest BCUT2D eigenvalue weighted by Crippen LogP contribution is 2.18. The fourth-order valence-electron chi connectivity index (χ4n) is 2.51. The number of hydrogen-bond donors (Lipinski definition) is 1. The Kier molecular flexibility index (Phi) is 3.71. The smallest absolute Gasteiger partial charge is 0.127 e. The molecule has 0 atom stereocenters. The van der Waals surface area contributed by atoms with Crippen LogP contribution in [0.15, 0.2) is 30.3 Å². The first-order valence-electron chi connectivity index (χ1n) is 6.94. The van der Waals surface area contributed by atoms with E-state index in [1.807, 2.05) is 28.9 Å². The summed E-state index contributed by atoms with van der Waals surface area (Å²) in [6.07, 6.45) is 0. The zero-order valence-electron chi connectivity index (χ0n) is 11.7. The largest absolute Gasteiger partial charge is 0.384 e. The predicted molar refractivity (Wildman–Crippen MR) is 78.8 cm³/mol. The first-order chi connectivity index (χ1) is 9.74. The van der Waals surface area contributed by atoms with Crippen LogP contribution in [-0.2, 0) is 11.3 Å². The highest BCUT2D eigenvalue weighted by Gasteiger charge is 2.14. The Morgan fingerprint density at radius 1 is 1.25 bits per heavy atom. The summed E-state index contributed by atoms with van der Waals surface area (Å²) in [5.74, 6) is 0.683. The Morgan fingerprint density at radius 3 is 2.75 bits per heavy atom. The van der Waals surface area contributed by atoms with Crippen molar-refractivity contribution in [3.8, 4) is 5.69 Å². The van der Waals surface area contributed by atoms with E-state index >= 15 is 0 Å². The molecule has 2 heterocycles. The van der Waals surface area contributed by atoms with Crippen LogP contribution in [0.5, 0.6) is 0 Å². The fourth-order valence-corrected chi connectivity index (χ4v) is 2.51. The number of aryl methyl sites for hydroxylation is 1. The number of benzene rings is 1. The van der Waals surface area contributed by atoms with Crippen LogP contribution in [0.3, 0.4) is 0 Å². The average Bonchev–Trinajstić information content (AvgIpc) is 2.81. The van der Waals surface area contributed by atoms with Crippen molar-refractivity contribution in [2.24, 2.45) is 0 Å². The second-order valence-corrected chi connectivity index (χ2v) is 5.15. The highest BCUT2D eigenvalue weighted by atomic mass is 16.5. The number of nitrogens with two attached hydrogens (primary N) is 1. The van der Waals surface area contributed by atoms with E-state index < -0.39 is 0 Å². The maximum atomic E-state index is 6.10. The number of para-hydroxylation sites is 1. The average molecular weight is 272 g/mol. The second kappa shape index (κ2) is 5.64. The molecule has 5 nitrogen and oxygen atoms in total. The summed E-state index contributed by atoms with van der Waals surface area (Å²) in [6.45, 7) is 6.40. The van der Waals surface area contributed by atoms with Crippen LogP contribution in [-0.4, -0.2) is 41.0 Å². The lowest BCUT2D eigenvalue weighted by Gasteiger charge is -2.25. The summed E-state index contributed by atoms with van der Waals surface area (Å²) in [4.78, 5) is 2.34. The van der Waals surface area contributed by atoms with Crippen molar-refractivity contribution in [1.82, 2.24) is 14.7 Å². The first-order valence-corrected chi connectivity index (χ1v) is 6.94. The van der Waals surface area contributed by atoms with E-state index in [-0.39, 0.29) is 0 Å².